The van der Waals surface area contributed by atoms with E-state index in [1.54, 1.807) is 0 Å². The van der Waals surface area contributed by atoms with Crippen LogP contribution in [-0.2, 0) is 9.53 Å². The Labute approximate surface area is 132 Å². The molecule has 0 aromatic carbocycles. The fraction of sp³-hybridized carbons (Fsp3) is 0.947. The van der Waals surface area contributed by atoms with Crippen molar-refractivity contribution in [3.63, 3.8) is 0 Å². The molecule has 0 radical (unpaired) electrons. The van der Waals surface area contributed by atoms with Crippen LogP contribution in [0.5, 0.6) is 0 Å². The highest BCUT2D eigenvalue weighted by Crippen LogP contribution is 2.68. The van der Waals surface area contributed by atoms with Crippen LogP contribution in [0.3, 0.4) is 0 Å². The molecule has 1 heterocycles. The van der Waals surface area contributed by atoms with E-state index in [1.165, 1.54) is 32.1 Å². The van der Waals surface area contributed by atoms with Crippen LogP contribution in [0.25, 0.3) is 0 Å². The molecule has 1 aliphatic heterocycles. The van der Waals surface area contributed by atoms with E-state index in [1.807, 2.05) is 0 Å². The number of ether oxygens (including phenoxy) is 1. The average molecular weight is 304 g/mol. The number of rotatable bonds is 0. The van der Waals surface area contributed by atoms with E-state index in [0.29, 0.717) is 42.1 Å². The molecule has 4 aliphatic carbocycles. The lowest BCUT2D eigenvalue weighted by Crippen LogP contribution is -2.66. The number of hydrogen-bond acceptors (Lipinski definition) is 3. The third kappa shape index (κ3) is 1.48. The van der Waals surface area contributed by atoms with Crippen molar-refractivity contribution in [3.05, 3.63) is 0 Å². The first-order valence-corrected chi connectivity index (χ1v) is 9.29. The van der Waals surface area contributed by atoms with Gasteiger partial charge in [0.25, 0.3) is 0 Å². The summed E-state index contributed by atoms with van der Waals surface area (Å²) in [5.41, 5.74) is -0.909. The van der Waals surface area contributed by atoms with Crippen molar-refractivity contribution in [2.75, 3.05) is 0 Å². The van der Waals surface area contributed by atoms with Gasteiger partial charge in [0.05, 0.1) is 12.2 Å². The molecule has 0 aromatic rings. The Morgan fingerprint density at radius 3 is 2.68 bits per heavy atom. The highest BCUT2D eigenvalue weighted by molar-refractivity contribution is 5.90. The van der Waals surface area contributed by atoms with Gasteiger partial charge in [-0.2, -0.15) is 0 Å². The Morgan fingerprint density at radius 1 is 1.09 bits per heavy atom. The minimum absolute atomic E-state index is 0.126. The molecule has 3 heteroatoms. The van der Waals surface area contributed by atoms with Crippen molar-refractivity contribution in [1.82, 2.24) is 0 Å². The van der Waals surface area contributed by atoms with Crippen LogP contribution in [0, 0.1) is 28.6 Å². The molecule has 0 aromatic heterocycles. The molecule has 5 fully saturated rings. The van der Waals surface area contributed by atoms with Gasteiger partial charge in [0.15, 0.2) is 5.78 Å². The molecular formula is C19H28O3. The Bertz CT molecular complexity index is 545. The van der Waals surface area contributed by atoms with Crippen LogP contribution < -0.4 is 0 Å². The highest BCUT2D eigenvalue weighted by Gasteiger charge is 2.70. The van der Waals surface area contributed by atoms with Crippen molar-refractivity contribution >= 4 is 5.78 Å². The van der Waals surface area contributed by atoms with Crippen molar-refractivity contribution < 1.29 is 14.6 Å². The molecule has 0 bridgehead atoms. The normalized spacial score (nSPS) is 62.7. The standard InChI is InChI=1S/C19H28O3/c1-17-6-3-4-12(17)11-8-16(20)19(21)10-15-14(22-15)9-18(19,2)13(11)5-7-17/h11-15,21H,3-10H2,1-2H3/t11-,12-,13+,14?,15?,17-,18+,19?/m0/s1. The van der Waals surface area contributed by atoms with Crippen molar-refractivity contribution in [3.8, 4) is 0 Å². The Hall–Kier alpha value is -0.410. The summed E-state index contributed by atoms with van der Waals surface area (Å²) < 4.78 is 5.72. The molecular weight excluding hydrogens is 276 g/mol. The molecule has 8 atom stereocenters. The lowest BCUT2D eigenvalue weighted by molar-refractivity contribution is -0.198. The van der Waals surface area contributed by atoms with E-state index in [4.69, 9.17) is 4.74 Å². The number of hydrogen-bond donors (Lipinski definition) is 1. The second-order valence-corrected chi connectivity index (χ2v) is 9.49. The van der Waals surface area contributed by atoms with Crippen LogP contribution in [-0.4, -0.2) is 28.7 Å². The van der Waals surface area contributed by atoms with Crippen LogP contribution in [0.4, 0.5) is 0 Å². The van der Waals surface area contributed by atoms with Crippen molar-refractivity contribution in [2.45, 2.75) is 83.0 Å². The van der Waals surface area contributed by atoms with Gasteiger partial charge in [-0.1, -0.05) is 20.3 Å². The van der Waals surface area contributed by atoms with E-state index in [2.05, 4.69) is 13.8 Å². The number of fused-ring (bicyclic) bond motifs is 6. The zero-order valence-electron chi connectivity index (χ0n) is 13.8. The zero-order chi connectivity index (χ0) is 15.3. The molecule has 3 nitrogen and oxygen atoms in total. The maximum atomic E-state index is 13.0. The second kappa shape index (κ2) is 3.97. The van der Waals surface area contributed by atoms with Crippen molar-refractivity contribution in [1.29, 1.82) is 0 Å². The van der Waals surface area contributed by atoms with E-state index in [9.17, 15) is 9.90 Å². The van der Waals surface area contributed by atoms with Crippen LogP contribution in [0.15, 0.2) is 0 Å². The van der Waals surface area contributed by atoms with Gasteiger partial charge < -0.3 is 9.84 Å². The smallest absolute Gasteiger partial charge is 0.165 e. The largest absolute Gasteiger partial charge is 0.381 e. The molecule has 0 spiro atoms. The lowest BCUT2D eigenvalue weighted by atomic mass is 9.43. The molecule has 5 aliphatic rings. The zero-order valence-corrected chi connectivity index (χ0v) is 13.8. The van der Waals surface area contributed by atoms with Crippen LogP contribution in [0.2, 0.25) is 0 Å². The van der Waals surface area contributed by atoms with Gasteiger partial charge in [-0.15, -0.1) is 0 Å². The molecule has 0 amide bonds. The van der Waals surface area contributed by atoms with Gasteiger partial charge in [-0.05, 0) is 55.3 Å². The van der Waals surface area contributed by atoms with Crippen LogP contribution >= 0.6 is 0 Å². The number of carbonyl (C=O) groups is 1. The summed E-state index contributed by atoms with van der Waals surface area (Å²) in [7, 11) is 0. The van der Waals surface area contributed by atoms with Gasteiger partial charge in [0, 0.05) is 18.3 Å². The van der Waals surface area contributed by atoms with Gasteiger partial charge in [0.2, 0.25) is 0 Å². The predicted octanol–water partition coefficient (Wildman–Crippen LogP) is 3.09. The predicted molar refractivity (Wildman–Crippen MR) is 82.2 cm³/mol. The molecule has 4 saturated carbocycles. The average Bonchev–Trinajstić information content (AvgIpc) is 3.05. The summed E-state index contributed by atoms with van der Waals surface area (Å²) in [6, 6.07) is 0. The monoisotopic (exact) mass is 304 g/mol. The molecule has 122 valence electrons. The van der Waals surface area contributed by atoms with Gasteiger partial charge in [-0.3, -0.25) is 4.79 Å². The summed E-state index contributed by atoms with van der Waals surface area (Å²) in [6.45, 7) is 4.66. The van der Waals surface area contributed by atoms with E-state index in [0.717, 1.165) is 6.42 Å². The first-order chi connectivity index (χ1) is 10.4. The SMILES string of the molecule is C[C@@]12CCC[C@H]1[C@@H]1CC(=O)C3(O)CC4OC4C[C@]3(C)[C@@H]1CC2. The van der Waals surface area contributed by atoms with E-state index < -0.39 is 5.60 Å². The van der Waals surface area contributed by atoms with Crippen molar-refractivity contribution in [2.24, 2.45) is 28.6 Å². The van der Waals surface area contributed by atoms with Gasteiger partial charge >= 0.3 is 0 Å². The Kier molecular flexibility index (Phi) is 2.52. The number of aliphatic hydroxyl groups is 1. The summed E-state index contributed by atoms with van der Waals surface area (Å²) in [5, 5.41) is 11.3. The summed E-state index contributed by atoms with van der Waals surface area (Å²) in [5.74, 6) is 1.85. The summed E-state index contributed by atoms with van der Waals surface area (Å²) >= 11 is 0. The van der Waals surface area contributed by atoms with Gasteiger partial charge in [0.1, 0.15) is 5.60 Å². The summed E-state index contributed by atoms with van der Waals surface area (Å²) in [6.07, 6.45) is 8.97. The van der Waals surface area contributed by atoms with Crippen LogP contribution in [0.1, 0.15) is 65.2 Å². The maximum Gasteiger partial charge on any atom is 0.165 e. The Morgan fingerprint density at radius 2 is 1.86 bits per heavy atom. The molecule has 3 unspecified atom stereocenters. The van der Waals surface area contributed by atoms with Gasteiger partial charge in [-0.25, -0.2) is 0 Å². The quantitative estimate of drug-likeness (QED) is 0.700. The fourth-order valence-electron chi connectivity index (χ4n) is 7.28. The Balaban J connectivity index is 1.56. The number of Topliss-reactive ketones (excluding diaryl/α,β-unsaturated/α-hetero) is 1. The number of ketones is 1. The summed E-state index contributed by atoms with van der Waals surface area (Å²) in [4.78, 5) is 13.0. The number of epoxide rings is 1. The third-order valence-corrected chi connectivity index (χ3v) is 8.67. The minimum atomic E-state index is -1.11. The maximum absolute atomic E-state index is 13.0. The second-order valence-electron chi connectivity index (χ2n) is 9.49. The van der Waals surface area contributed by atoms with E-state index in [-0.39, 0.29) is 17.3 Å². The lowest BCUT2D eigenvalue weighted by Gasteiger charge is -2.61. The first-order valence-electron chi connectivity index (χ1n) is 9.29. The molecule has 1 saturated heterocycles. The highest BCUT2D eigenvalue weighted by atomic mass is 16.6. The number of carbonyl (C=O) groups excluding carboxylic acids is 1. The first kappa shape index (κ1) is 14.0. The molecule has 22 heavy (non-hydrogen) atoms. The molecule has 1 N–H and O–H groups in total. The minimum Gasteiger partial charge on any atom is -0.381 e. The molecule has 5 rings (SSSR count). The third-order valence-electron chi connectivity index (χ3n) is 8.67. The van der Waals surface area contributed by atoms with E-state index >= 15 is 0 Å². The topological polar surface area (TPSA) is 49.8 Å². The fourth-order valence-corrected chi connectivity index (χ4v) is 7.28.